The highest BCUT2D eigenvalue weighted by Gasteiger charge is 2.33. The van der Waals surface area contributed by atoms with Gasteiger partial charge in [0.05, 0.1) is 10.0 Å². The van der Waals surface area contributed by atoms with Crippen LogP contribution in [0.25, 0.3) is 0 Å². The Morgan fingerprint density at radius 2 is 2.00 bits per heavy atom. The van der Waals surface area contributed by atoms with Gasteiger partial charge in [-0.3, -0.25) is 10.1 Å². The second kappa shape index (κ2) is 7.54. The zero-order valence-corrected chi connectivity index (χ0v) is 17.0. The van der Waals surface area contributed by atoms with Gasteiger partial charge in [-0.1, -0.05) is 16.8 Å². The van der Waals surface area contributed by atoms with Crippen molar-refractivity contribution >= 4 is 44.8 Å². The van der Waals surface area contributed by atoms with Crippen molar-refractivity contribution in [2.75, 3.05) is 18.4 Å². The zero-order valence-electron chi connectivity index (χ0n) is 14.6. The predicted octanol–water partition coefficient (Wildman–Crippen LogP) is 3.31. The summed E-state index contributed by atoms with van der Waals surface area (Å²) in [6.07, 6.45) is 4.86. The van der Waals surface area contributed by atoms with Crippen molar-refractivity contribution in [3.63, 3.8) is 0 Å². The average Bonchev–Trinajstić information content (AvgIpc) is 3.29. The van der Waals surface area contributed by atoms with Crippen LogP contribution in [0.3, 0.4) is 0 Å². The highest BCUT2D eigenvalue weighted by atomic mass is 35.5. The van der Waals surface area contributed by atoms with Gasteiger partial charge < -0.3 is 4.52 Å². The van der Waals surface area contributed by atoms with Gasteiger partial charge in [0.25, 0.3) is 10.0 Å². The van der Waals surface area contributed by atoms with Crippen molar-refractivity contribution in [3.8, 4) is 0 Å². The molecule has 0 aromatic carbocycles. The first-order chi connectivity index (χ1) is 12.9. The first-order valence-corrected chi connectivity index (χ1v) is 11.6. The molecule has 0 spiro atoms. The largest absolute Gasteiger partial charge is 0.338 e. The summed E-state index contributed by atoms with van der Waals surface area (Å²) in [6.45, 7) is 0.620. The standard InChI is InChI=1S/C17H20ClN3O4S2/c18-14-5-6-15(26-14)27(23,24)21-9-7-11(8-10-21)16(22)19-17-12-3-1-2-4-13(12)20-25-17/h5-6,11H,1-4,7-10H2,(H,19,22). The highest BCUT2D eigenvalue weighted by Crippen LogP contribution is 2.32. The summed E-state index contributed by atoms with van der Waals surface area (Å²) in [5.41, 5.74) is 1.94. The molecule has 3 heterocycles. The Kier molecular flexibility index (Phi) is 5.28. The number of hydrogen-bond acceptors (Lipinski definition) is 6. The van der Waals surface area contributed by atoms with Gasteiger partial charge in [0.1, 0.15) is 4.21 Å². The lowest BCUT2D eigenvalue weighted by Crippen LogP contribution is -2.41. The van der Waals surface area contributed by atoms with E-state index < -0.39 is 10.0 Å². The summed E-state index contributed by atoms with van der Waals surface area (Å²) in [4.78, 5) is 12.6. The molecular weight excluding hydrogens is 410 g/mol. The van der Waals surface area contributed by atoms with Gasteiger partial charge in [-0.05, 0) is 50.7 Å². The van der Waals surface area contributed by atoms with E-state index in [-0.39, 0.29) is 16.0 Å². The first-order valence-electron chi connectivity index (χ1n) is 8.99. The van der Waals surface area contributed by atoms with E-state index in [1.54, 1.807) is 6.07 Å². The summed E-state index contributed by atoms with van der Waals surface area (Å²) < 4.78 is 32.7. The lowest BCUT2D eigenvalue weighted by atomic mass is 9.96. The third-order valence-corrected chi connectivity index (χ3v) is 8.76. The van der Waals surface area contributed by atoms with Gasteiger partial charge in [-0.15, -0.1) is 11.3 Å². The molecule has 0 saturated carbocycles. The summed E-state index contributed by atoms with van der Waals surface area (Å²) in [5, 5.41) is 6.90. The van der Waals surface area contributed by atoms with Crippen molar-refractivity contribution in [1.29, 1.82) is 0 Å². The van der Waals surface area contributed by atoms with E-state index in [4.69, 9.17) is 16.1 Å². The third kappa shape index (κ3) is 3.78. The summed E-state index contributed by atoms with van der Waals surface area (Å²) in [6, 6.07) is 3.10. The topological polar surface area (TPSA) is 92.5 Å². The predicted molar refractivity (Wildman–Crippen MR) is 103 cm³/mol. The smallest absolute Gasteiger partial charge is 0.252 e. The van der Waals surface area contributed by atoms with E-state index in [2.05, 4.69) is 10.5 Å². The molecule has 0 atom stereocenters. The number of hydrogen-bond donors (Lipinski definition) is 1. The molecule has 2 aliphatic rings. The summed E-state index contributed by atoms with van der Waals surface area (Å²) in [7, 11) is -3.55. The molecular formula is C17H20ClN3O4S2. The van der Waals surface area contributed by atoms with E-state index in [0.29, 0.717) is 36.2 Å². The van der Waals surface area contributed by atoms with Gasteiger partial charge in [0.15, 0.2) is 0 Å². The minimum Gasteiger partial charge on any atom is -0.338 e. The van der Waals surface area contributed by atoms with Crippen LogP contribution >= 0.6 is 22.9 Å². The van der Waals surface area contributed by atoms with Crippen LogP contribution in [0.15, 0.2) is 20.9 Å². The number of thiophene rings is 1. The number of anilines is 1. The van der Waals surface area contributed by atoms with Gasteiger partial charge in [0, 0.05) is 24.6 Å². The molecule has 27 heavy (non-hydrogen) atoms. The van der Waals surface area contributed by atoms with E-state index in [1.165, 1.54) is 10.4 Å². The Balaban J connectivity index is 1.38. The van der Waals surface area contributed by atoms with Crippen molar-refractivity contribution in [1.82, 2.24) is 9.46 Å². The molecule has 4 rings (SSSR count). The average molecular weight is 430 g/mol. The van der Waals surface area contributed by atoms with E-state index in [1.807, 2.05) is 0 Å². The van der Waals surface area contributed by atoms with Crippen LogP contribution in [0.2, 0.25) is 4.34 Å². The van der Waals surface area contributed by atoms with Crippen LogP contribution < -0.4 is 5.32 Å². The number of rotatable bonds is 4. The minimum absolute atomic E-state index is 0.129. The number of carbonyl (C=O) groups is 1. The van der Waals surface area contributed by atoms with E-state index in [9.17, 15) is 13.2 Å². The van der Waals surface area contributed by atoms with Crippen LogP contribution in [0, 0.1) is 5.92 Å². The molecule has 1 amide bonds. The lowest BCUT2D eigenvalue weighted by Gasteiger charge is -2.30. The van der Waals surface area contributed by atoms with Crippen molar-refractivity contribution in [2.45, 2.75) is 42.7 Å². The van der Waals surface area contributed by atoms with Crippen LogP contribution in [-0.2, 0) is 27.7 Å². The summed E-state index contributed by atoms with van der Waals surface area (Å²) in [5.74, 6) is 0.0847. The zero-order chi connectivity index (χ0) is 19.0. The molecule has 2 aromatic heterocycles. The van der Waals surface area contributed by atoms with Gasteiger partial charge in [0.2, 0.25) is 11.8 Å². The Bertz CT molecular complexity index is 945. The number of nitrogens with zero attached hydrogens (tertiary/aromatic N) is 2. The fourth-order valence-corrected chi connectivity index (χ4v) is 6.73. The van der Waals surface area contributed by atoms with Crippen LogP contribution in [-0.4, -0.2) is 36.9 Å². The maximum atomic E-state index is 12.6. The van der Waals surface area contributed by atoms with Crippen molar-refractivity contribution in [2.24, 2.45) is 5.92 Å². The monoisotopic (exact) mass is 429 g/mol. The fraction of sp³-hybridized carbons (Fsp3) is 0.529. The molecule has 10 heteroatoms. The van der Waals surface area contributed by atoms with Crippen LogP contribution in [0.5, 0.6) is 0 Å². The normalized spacial score (nSPS) is 19.0. The maximum Gasteiger partial charge on any atom is 0.252 e. The molecule has 7 nitrogen and oxygen atoms in total. The Labute approximate surface area is 166 Å². The molecule has 0 bridgehead atoms. The molecule has 0 radical (unpaired) electrons. The number of sulfonamides is 1. The van der Waals surface area contributed by atoms with Crippen molar-refractivity contribution < 1.29 is 17.7 Å². The Hall–Kier alpha value is -1.42. The molecule has 146 valence electrons. The van der Waals surface area contributed by atoms with Gasteiger partial charge in [-0.25, -0.2) is 8.42 Å². The molecule has 1 N–H and O–H groups in total. The molecule has 1 saturated heterocycles. The minimum atomic E-state index is -3.55. The number of nitrogens with one attached hydrogen (secondary N) is 1. The van der Waals surface area contributed by atoms with E-state index in [0.717, 1.165) is 48.3 Å². The maximum absolute atomic E-state index is 12.6. The second-order valence-electron chi connectivity index (χ2n) is 6.87. The quantitative estimate of drug-likeness (QED) is 0.804. The number of halogens is 1. The second-order valence-corrected chi connectivity index (χ2v) is 10.8. The van der Waals surface area contributed by atoms with Gasteiger partial charge in [-0.2, -0.15) is 4.31 Å². The number of amides is 1. The van der Waals surface area contributed by atoms with Crippen molar-refractivity contribution in [3.05, 3.63) is 27.7 Å². The molecule has 0 unspecified atom stereocenters. The van der Waals surface area contributed by atoms with Gasteiger partial charge >= 0.3 is 0 Å². The number of carbonyl (C=O) groups excluding carboxylic acids is 1. The van der Waals surface area contributed by atoms with Crippen LogP contribution in [0.1, 0.15) is 36.9 Å². The molecule has 1 aliphatic carbocycles. The fourth-order valence-electron chi connectivity index (χ4n) is 3.62. The number of fused-ring (bicyclic) bond motifs is 1. The molecule has 2 aromatic rings. The van der Waals surface area contributed by atoms with Crippen LogP contribution in [0.4, 0.5) is 5.88 Å². The van der Waals surface area contributed by atoms with E-state index >= 15 is 0 Å². The SMILES string of the molecule is O=C(Nc1onc2c1CCCC2)C1CCN(S(=O)(=O)c2ccc(Cl)s2)CC1. The lowest BCUT2D eigenvalue weighted by molar-refractivity contribution is -0.121. The Morgan fingerprint density at radius 1 is 1.26 bits per heavy atom. The first kappa shape index (κ1) is 18.9. The highest BCUT2D eigenvalue weighted by molar-refractivity contribution is 7.91. The Morgan fingerprint density at radius 3 is 2.70 bits per heavy atom. The number of piperidine rings is 1. The number of aromatic nitrogens is 1. The third-order valence-electron chi connectivity index (χ3n) is 5.16. The molecule has 1 aliphatic heterocycles. The number of aryl methyl sites for hydroxylation is 1. The summed E-state index contributed by atoms with van der Waals surface area (Å²) >= 11 is 6.91. The molecule has 1 fully saturated rings.